The van der Waals surface area contributed by atoms with Gasteiger partial charge in [-0.2, -0.15) is 0 Å². The van der Waals surface area contributed by atoms with E-state index < -0.39 is 12.0 Å². The lowest BCUT2D eigenvalue weighted by Crippen LogP contribution is -2.37. The molecule has 1 aromatic rings. The number of carboxylic acids is 1. The molecule has 1 atom stereocenters. The summed E-state index contributed by atoms with van der Waals surface area (Å²) in [4.78, 5) is 21.9. The molecule has 1 aromatic carbocycles. The standard InChI is InChI=1S/C13H17NO4/c1-9-3-5-11(6-4-9)18-8-12(15)14-10(2)7-13(16)17/h3-6,10H,7-8H2,1-2H3,(H,14,15)(H,16,17). The van der Waals surface area contributed by atoms with Crippen LogP contribution in [0.5, 0.6) is 5.75 Å². The van der Waals surface area contributed by atoms with E-state index in [-0.39, 0.29) is 18.9 Å². The van der Waals surface area contributed by atoms with Crippen LogP contribution in [0.4, 0.5) is 0 Å². The van der Waals surface area contributed by atoms with Gasteiger partial charge in [0.05, 0.1) is 6.42 Å². The van der Waals surface area contributed by atoms with E-state index in [1.165, 1.54) is 0 Å². The summed E-state index contributed by atoms with van der Waals surface area (Å²) in [6.45, 7) is 3.48. The van der Waals surface area contributed by atoms with Crippen molar-refractivity contribution < 1.29 is 19.4 Å². The summed E-state index contributed by atoms with van der Waals surface area (Å²) in [7, 11) is 0. The van der Waals surface area contributed by atoms with Crippen molar-refractivity contribution in [2.45, 2.75) is 26.3 Å². The number of benzene rings is 1. The first-order valence-corrected chi connectivity index (χ1v) is 5.68. The Bertz CT molecular complexity index is 414. The van der Waals surface area contributed by atoms with Gasteiger partial charge in [0.25, 0.3) is 5.91 Å². The smallest absolute Gasteiger partial charge is 0.305 e. The predicted octanol–water partition coefficient (Wildman–Crippen LogP) is 1.35. The van der Waals surface area contributed by atoms with Crippen LogP contribution in [0.1, 0.15) is 18.9 Å². The summed E-state index contributed by atoms with van der Waals surface area (Å²) in [5, 5.41) is 11.1. The van der Waals surface area contributed by atoms with Gasteiger partial charge in [-0.05, 0) is 26.0 Å². The Morgan fingerprint density at radius 3 is 2.50 bits per heavy atom. The Balaban J connectivity index is 2.32. The SMILES string of the molecule is Cc1ccc(OCC(=O)NC(C)CC(=O)O)cc1. The quantitative estimate of drug-likeness (QED) is 0.800. The number of ether oxygens (including phenoxy) is 1. The van der Waals surface area contributed by atoms with Crippen LogP contribution in [0.3, 0.4) is 0 Å². The van der Waals surface area contributed by atoms with Crippen molar-refractivity contribution in [2.75, 3.05) is 6.61 Å². The zero-order chi connectivity index (χ0) is 13.5. The van der Waals surface area contributed by atoms with E-state index in [9.17, 15) is 9.59 Å². The van der Waals surface area contributed by atoms with E-state index in [0.717, 1.165) is 5.56 Å². The van der Waals surface area contributed by atoms with Crippen molar-refractivity contribution in [1.29, 1.82) is 0 Å². The molecule has 0 aliphatic rings. The molecule has 18 heavy (non-hydrogen) atoms. The van der Waals surface area contributed by atoms with Gasteiger partial charge in [0.15, 0.2) is 6.61 Å². The summed E-state index contributed by atoms with van der Waals surface area (Å²) < 4.78 is 5.27. The molecule has 1 amide bonds. The van der Waals surface area contributed by atoms with E-state index in [0.29, 0.717) is 5.75 Å². The monoisotopic (exact) mass is 251 g/mol. The Kier molecular flexibility index (Phi) is 5.17. The number of carboxylic acid groups (broad SMARTS) is 1. The molecule has 1 rings (SSSR count). The van der Waals surface area contributed by atoms with E-state index in [1.807, 2.05) is 19.1 Å². The van der Waals surface area contributed by atoms with Crippen LogP contribution in [0, 0.1) is 6.92 Å². The van der Waals surface area contributed by atoms with Crippen molar-refractivity contribution in [1.82, 2.24) is 5.32 Å². The maximum atomic E-state index is 11.4. The number of carbonyl (C=O) groups excluding carboxylic acids is 1. The van der Waals surface area contributed by atoms with Crippen LogP contribution in [-0.4, -0.2) is 29.6 Å². The van der Waals surface area contributed by atoms with Crippen LogP contribution >= 0.6 is 0 Å². The van der Waals surface area contributed by atoms with Crippen LogP contribution in [0.25, 0.3) is 0 Å². The highest BCUT2D eigenvalue weighted by Crippen LogP contribution is 2.10. The zero-order valence-electron chi connectivity index (χ0n) is 10.5. The van der Waals surface area contributed by atoms with E-state index >= 15 is 0 Å². The minimum absolute atomic E-state index is 0.101. The van der Waals surface area contributed by atoms with Gasteiger partial charge >= 0.3 is 5.97 Å². The molecule has 5 heteroatoms. The van der Waals surface area contributed by atoms with Crippen molar-refractivity contribution in [3.63, 3.8) is 0 Å². The first-order chi connectivity index (χ1) is 8.47. The Morgan fingerprint density at radius 2 is 1.94 bits per heavy atom. The normalized spacial score (nSPS) is 11.7. The van der Waals surface area contributed by atoms with Gasteiger partial charge in [0, 0.05) is 6.04 Å². The molecule has 0 saturated carbocycles. The third-order valence-corrected chi connectivity index (χ3v) is 2.28. The Morgan fingerprint density at radius 1 is 1.33 bits per heavy atom. The summed E-state index contributed by atoms with van der Waals surface area (Å²) in [5.41, 5.74) is 1.11. The number of aryl methyl sites for hydroxylation is 1. The van der Waals surface area contributed by atoms with Crippen molar-refractivity contribution in [2.24, 2.45) is 0 Å². The number of rotatable bonds is 6. The fourth-order valence-corrected chi connectivity index (χ4v) is 1.41. The van der Waals surface area contributed by atoms with Crippen molar-refractivity contribution >= 4 is 11.9 Å². The molecular formula is C13H17NO4. The molecule has 1 unspecified atom stereocenters. The van der Waals surface area contributed by atoms with E-state index in [4.69, 9.17) is 9.84 Å². The molecule has 0 saturated heterocycles. The average molecular weight is 251 g/mol. The third kappa shape index (κ3) is 5.34. The zero-order valence-corrected chi connectivity index (χ0v) is 10.5. The lowest BCUT2D eigenvalue weighted by molar-refractivity contribution is -0.137. The summed E-state index contributed by atoms with van der Waals surface area (Å²) >= 11 is 0. The molecule has 0 spiro atoms. The van der Waals surface area contributed by atoms with Gasteiger partial charge in [-0.25, -0.2) is 0 Å². The maximum absolute atomic E-state index is 11.4. The minimum atomic E-state index is -0.942. The highest BCUT2D eigenvalue weighted by atomic mass is 16.5. The van der Waals surface area contributed by atoms with Crippen LogP contribution in [-0.2, 0) is 9.59 Å². The molecule has 0 fully saturated rings. The van der Waals surface area contributed by atoms with Gasteiger partial charge in [-0.3, -0.25) is 9.59 Å². The molecule has 5 nitrogen and oxygen atoms in total. The van der Waals surface area contributed by atoms with Crippen molar-refractivity contribution in [3.05, 3.63) is 29.8 Å². The molecule has 0 radical (unpaired) electrons. The van der Waals surface area contributed by atoms with Gasteiger partial charge < -0.3 is 15.2 Å². The molecule has 0 heterocycles. The highest BCUT2D eigenvalue weighted by molar-refractivity contribution is 5.78. The van der Waals surface area contributed by atoms with E-state index in [1.54, 1.807) is 19.1 Å². The lowest BCUT2D eigenvalue weighted by atomic mass is 10.2. The predicted molar refractivity (Wildman–Crippen MR) is 66.5 cm³/mol. The molecule has 98 valence electrons. The summed E-state index contributed by atoms with van der Waals surface area (Å²) in [6.07, 6.45) is -0.101. The van der Waals surface area contributed by atoms with Gasteiger partial charge in [0.1, 0.15) is 5.75 Å². The van der Waals surface area contributed by atoms with Crippen LogP contribution in [0.15, 0.2) is 24.3 Å². The van der Waals surface area contributed by atoms with Gasteiger partial charge in [-0.1, -0.05) is 17.7 Å². The lowest BCUT2D eigenvalue weighted by Gasteiger charge is -2.12. The molecule has 0 aliphatic carbocycles. The molecule has 0 aliphatic heterocycles. The second-order valence-electron chi connectivity index (χ2n) is 4.17. The van der Waals surface area contributed by atoms with Crippen LogP contribution < -0.4 is 10.1 Å². The minimum Gasteiger partial charge on any atom is -0.484 e. The number of aliphatic carboxylic acids is 1. The first kappa shape index (κ1) is 14.0. The fourth-order valence-electron chi connectivity index (χ4n) is 1.41. The highest BCUT2D eigenvalue weighted by Gasteiger charge is 2.11. The molecule has 0 aromatic heterocycles. The fraction of sp³-hybridized carbons (Fsp3) is 0.385. The second kappa shape index (κ2) is 6.64. The third-order valence-electron chi connectivity index (χ3n) is 2.28. The summed E-state index contributed by atoms with van der Waals surface area (Å²) in [6, 6.07) is 6.93. The number of hydrogen-bond donors (Lipinski definition) is 2. The molecule has 0 bridgehead atoms. The maximum Gasteiger partial charge on any atom is 0.305 e. The van der Waals surface area contributed by atoms with E-state index in [2.05, 4.69) is 5.32 Å². The number of nitrogens with one attached hydrogen (secondary N) is 1. The molecular weight excluding hydrogens is 234 g/mol. The van der Waals surface area contributed by atoms with Crippen LogP contribution in [0.2, 0.25) is 0 Å². The van der Waals surface area contributed by atoms with Gasteiger partial charge in [0.2, 0.25) is 0 Å². The Labute approximate surface area is 106 Å². The average Bonchev–Trinajstić information content (AvgIpc) is 2.27. The molecule has 2 N–H and O–H groups in total. The number of hydrogen-bond acceptors (Lipinski definition) is 3. The number of amides is 1. The van der Waals surface area contributed by atoms with Crippen molar-refractivity contribution in [3.8, 4) is 5.75 Å². The number of carbonyl (C=O) groups is 2. The second-order valence-corrected chi connectivity index (χ2v) is 4.17. The largest absolute Gasteiger partial charge is 0.484 e. The summed E-state index contributed by atoms with van der Waals surface area (Å²) in [5.74, 6) is -0.659. The first-order valence-electron chi connectivity index (χ1n) is 5.68. The topological polar surface area (TPSA) is 75.6 Å². The van der Waals surface area contributed by atoms with Gasteiger partial charge in [-0.15, -0.1) is 0 Å². The Hall–Kier alpha value is -2.04.